The van der Waals surface area contributed by atoms with Crippen LogP contribution in [0, 0.1) is 0 Å². The van der Waals surface area contributed by atoms with Crippen LogP contribution in [0.2, 0.25) is 0 Å². The number of ether oxygens (including phenoxy) is 1. The predicted octanol–water partition coefficient (Wildman–Crippen LogP) is -1.39. The van der Waals surface area contributed by atoms with Crippen molar-refractivity contribution in [2.45, 2.75) is 30.5 Å². The lowest BCUT2D eigenvalue weighted by Crippen LogP contribution is -2.55. The van der Waals surface area contributed by atoms with E-state index < -0.39 is 37.1 Å². The molecule has 0 radical (unpaired) electrons. The Morgan fingerprint density at radius 1 is 1.00 bits per heavy atom. The van der Waals surface area contributed by atoms with Gasteiger partial charge in [-0.2, -0.15) is 0 Å². The monoisotopic (exact) mass is 272 g/mol. The van der Waals surface area contributed by atoms with Crippen LogP contribution in [0.25, 0.3) is 0 Å². The van der Waals surface area contributed by atoms with Gasteiger partial charge in [-0.25, -0.2) is 0 Å². The molecular formula is C12H16O7. The van der Waals surface area contributed by atoms with Crippen molar-refractivity contribution in [1.82, 2.24) is 0 Å². The van der Waals surface area contributed by atoms with Gasteiger partial charge in [0.2, 0.25) is 0 Å². The van der Waals surface area contributed by atoms with Crippen molar-refractivity contribution in [1.29, 1.82) is 0 Å². The summed E-state index contributed by atoms with van der Waals surface area (Å²) in [5.74, 6) is -0.383. The molecule has 0 saturated carbocycles. The van der Waals surface area contributed by atoms with Crippen molar-refractivity contribution in [2.24, 2.45) is 0 Å². The second kappa shape index (κ2) is 5.32. The molecule has 1 heterocycles. The van der Waals surface area contributed by atoms with E-state index in [1.165, 1.54) is 18.2 Å². The standard InChI is InChI=1S/C12H16O7/c13-4-8-9(16)10(17)11(18)12(19-8)6-3-5(14)1-2-7(6)15/h1-3,8-18H,4H2/t8-,9+,10+,11-,12+/m1/s1. The average molecular weight is 272 g/mol. The first-order valence-electron chi connectivity index (χ1n) is 5.78. The number of phenolic OH excluding ortho intramolecular Hbond substituents is 2. The molecule has 1 aromatic carbocycles. The summed E-state index contributed by atoms with van der Waals surface area (Å²) < 4.78 is 5.27. The summed E-state index contributed by atoms with van der Waals surface area (Å²) in [6, 6.07) is 3.65. The minimum atomic E-state index is -1.53. The van der Waals surface area contributed by atoms with Crippen LogP contribution in [0.3, 0.4) is 0 Å². The molecule has 1 fully saturated rings. The zero-order chi connectivity index (χ0) is 14.2. The molecule has 5 atom stereocenters. The number of phenols is 2. The lowest BCUT2D eigenvalue weighted by atomic mass is 9.91. The summed E-state index contributed by atoms with van der Waals surface area (Å²) in [6.45, 7) is -0.555. The second-order valence-corrected chi connectivity index (χ2v) is 4.49. The van der Waals surface area contributed by atoms with Gasteiger partial charge in [0.1, 0.15) is 42.0 Å². The van der Waals surface area contributed by atoms with Crippen LogP contribution >= 0.6 is 0 Å². The molecule has 1 saturated heterocycles. The van der Waals surface area contributed by atoms with E-state index in [2.05, 4.69) is 0 Å². The van der Waals surface area contributed by atoms with Gasteiger partial charge < -0.3 is 35.4 Å². The van der Waals surface area contributed by atoms with Gasteiger partial charge in [0.25, 0.3) is 0 Å². The zero-order valence-electron chi connectivity index (χ0n) is 9.92. The molecule has 0 unspecified atom stereocenters. The van der Waals surface area contributed by atoms with Crippen molar-refractivity contribution in [3.63, 3.8) is 0 Å². The van der Waals surface area contributed by atoms with E-state index in [-0.39, 0.29) is 17.1 Å². The van der Waals surface area contributed by atoms with Crippen molar-refractivity contribution in [2.75, 3.05) is 6.61 Å². The van der Waals surface area contributed by atoms with Gasteiger partial charge in [0.05, 0.1) is 6.61 Å². The number of rotatable bonds is 2. The molecule has 2 rings (SSSR count). The first-order valence-corrected chi connectivity index (χ1v) is 5.78. The smallest absolute Gasteiger partial charge is 0.121 e. The molecule has 0 aromatic heterocycles. The van der Waals surface area contributed by atoms with Gasteiger partial charge in [-0.15, -0.1) is 0 Å². The van der Waals surface area contributed by atoms with Crippen LogP contribution in [0.4, 0.5) is 0 Å². The SMILES string of the molecule is OC[C@H]1O[C@@H](c2cc(O)ccc2O)[C@H](O)[C@@H](O)[C@H]1O. The van der Waals surface area contributed by atoms with Gasteiger partial charge in [0.15, 0.2) is 0 Å². The third-order valence-corrected chi connectivity index (χ3v) is 3.21. The van der Waals surface area contributed by atoms with Crippen LogP contribution in [0.15, 0.2) is 18.2 Å². The molecule has 6 N–H and O–H groups in total. The Balaban J connectivity index is 2.35. The third kappa shape index (κ3) is 2.51. The molecular weight excluding hydrogens is 256 g/mol. The molecule has 1 aromatic rings. The highest BCUT2D eigenvalue weighted by molar-refractivity contribution is 5.41. The molecule has 1 aliphatic rings. The van der Waals surface area contributed by atoms with Crippen molar-refractivity contribution < 1.29 is 35.4 Å². The molecule has 7 heteroatoms. The summed E-state index contributed by atoms with van der Waals surface area (Å²) >= 11 is 0. The third-order valence-electron chi connectivity index (χ3n) is 3.21. The minimum Gasteiger partial charge on any atom is -0.508 e. The van der Waals surface area contributed by atoms with Crippen molar-refractivity contribution >= 4 is 0 Å². The Morgan fingerprint density at radius 3 is 2.32 bits per heavy atom. The lowest BCUT2D eigenvalue weighted by Gasteiger charge is -2.40. The quantitative estimate of drug-likeness (QED) is 0.365. The Kier molecular flexibility index (Phi) is 3.93. The Hall–Kier alpha value is -1.38. The maximum absolute atomic E-state index is 9.88. The number of aromatic hydroxyl groups is 2. The molecule has 0 amide bonds. The topological polar surface area (TPSA) is 131 Å². The largest absolute Gasteiger partial charge is 0.508 e. The van der Waals surface area contributed by atoms with E-state index >= 15 is 0 Å². The highest BCUT2D eigenvalue weighted by Crippen LogP contribution is 2.37. The van der Waals surface area contributed by atoms with Crippen LogP contribution in [-0.2, 0) is 4.74 Å². The normalized spacial score (nSPS) is 35.3. The predicted molar refractivity (Wildman–Crippen MR) is 62.5 cm³/mol. The van der Waals surface area contributed by atoms with Crippen LogP contribution in [0.1, 0.15) is 11.7 Å². The van der Waals surface area contributed by atoms with Gasteiger partial charge in [-0.3, -0.25) is 0 Å². The van der Waals surface area contributed by atoms with Crippen LogP contribution in [0.5, 0.6) is 11.5 Å². The number of hydrogen-bond acceptors (Lipinski definition) is 7. The summed E-state index contributed by atoms with van der Waals surface area (Å²) in [7, 11) is 0. The van der Waals surface area contributed by atoms with Gasteiger partial charge in [0, 0.05) is 5.56 Å². The molecule has 1 aliphatic heterocycles. The Morgan fingerprint density at radius 2 is 1.68 bits per heavy atom. The molecule has 0 aliphatic carbocycles. The van der Waals surface area contributed by atoms with Crippen molar-refractivity contribution in [3.05, 3.63) is 23.8 Å². The average Bonchev–Trinajstić information content (AvgIpc) is 2.40. The maximum Gasteiger partial charge on any atom is 0.121 e. The van der Waals surface area contributed by atoms with Crippen LogP contribution in [-0.4, -0.2) is 61.7 Å². The summed E-state index contributed by atoms with van der Waals surface area (Å²) in [4.78, 5) is 0. The first kappa shape index (κ1) is 14.0. The van der Waals surface area contributed by atoms with Gasteiger partial charge >= 0.3 is 0 Å². The number of benzene rings is 1. The molecule has 7 nitrogen and oxygen atoms in total. The first-order chi connectivity index (χ1) is 8.95. The second-order valence-electron chi connectivity index (χ2n) is 4.49. The molecule has 0 bridgehead atoms. The highest BCUT2D eigenvalue weighted by atomic mass is 16.5. The van der Waals surface area contributed by atoms with E-state index in [1.807, 2.05) is 0 Å². The van der Waals surface area contributed by atoms with E-state index in [4.69, 9.17) is 9.84 Å². The van der Waals surface area contributed by atoms with Crippen LogP contribution < -0.4 is 0 Å². The number of hydrogen-bond donors (Lipinski definition) is 6. The van der Waals surface area contributed by atoms with Gasteiger partial charge in [-0.05, 0) is 18.2 Å². The summed E-state index contributed by atoms with van der Waals surface area (Å²) in [5.41, 5.74) is 0.0666. The summed E-state index contributed by atoms with van der Waals surface area (Å²) in [5, 5.41) is 57.3. The fourth-order valence-corrected chi connectivity index (χ4v) is 2.13. The lowest BCUT2D eigenvalue weighted by molar-refractivity contribution is -0.232. The molecule has 0 spiro atoms. The zero-order valence-corrected chi connectivity index (χ0v) is 9.92. The van der Waals surface area contributed by atoms with E-state index in [1.54, 1.807) is 0 Å². The van der Waals surface area contributed by atoms with E-state index in [0.29, 0.717) is 0 Å². The molecule has 106 valence electrons. The minimum absolute atomic E-state index is 0.0666. The fourth-order valence-electron chi connectivity index (χ4n) is 2.13. The number of aliphatic hydroxyl groups is 4. The van der Waals surface area contributed by atoms with E-state index in [9.17, 15) is 25.5 Å². The molecule has 19 heavy (non-hydrogen) atoms. The number of aliphatic hydroxyl groups excluding tert-OH is 4. The van der Waals surface area contributed by atoms with Gasteiger partial charge in [-0.1, -0.05) is 0 Å². The maximum atomic E-state index is 9.88. The summed E-state index contributed by atoms with van der Waals surface area (Å²) in [6.07, 6.45) is -6.72. The fraction of sp³-hybridized carbons (Fsp3) is 0.500. The van der Waals surface area contributed by atoms with E-state index in [0.717, 1.165) is 0 Å². The van der Waals surface area contributed by atoms with Crippen molar-refractivity contribution in [3.8, 4) is 11.5 Å². The Labute approximate surface area is 108 Å². The highest BCUT2D eigenvalue weighted by Gasteiger charge is 2.44. The Bertz CT molecular complexity index is 448.